The third-order valence-electron chi connectivity index (χ3n) is 4.20. The molecule has 1 unspecified atom stereocenters. The van der Waals surface area contributed by atoms with E-state index in [1.54, 1.807) is 6.07 Å². The van der Waals surface area contributed by atoms with Crippen molar-refractivity contribution in [3.63, 3.8) is 0 Å². The molecule has 1 aliphatic rings. The van der Waals surface area contributed by atoms with Crippen molar-refractivity contribution in [3.8, 4) is 0 Å². The first kappa shape index (κ1) is 16.4. The maximum absolute atomic E-state index is 14.0. The van der Waals surface area contributed by atoms with Crippen LogP contribution in [0.5, 0.6) is 0 Å². The molecule has 1 aromatic carbocycles. The molecule has 118 valence electrons. The summed E-state index contributed by atoms with van der Waals surface area (Å²) in [6, 6.07) is 6.53. The molecule has 0 saturated carbocycles. The van der Waals surface area contributed by atoms with E-state index in [0.29, 0.717) is 18.6 Å². The Morgan fingerprint density at radius 2 is 2.14 bits per heavy atom. The van der Waals surface area contributed by atoms with Gasteiger partial charge in [-0.1, -0.05) is 26.0 Å². The van der Waals surface area contributed by atoms with Gasteiger partial charge in [0.25, 0.3) is 0 Å². The van der Waals surface area contributed by atoms with Gasteiger partial charge in [-0.25, -0.2) is 4.39 Å². The number of halogens is 1. The Morgan fingerprint density at radius 3 is 2.76 bits per heavy atom. The van der Waals surface area contributed by atoms with E-state index in [1.165, 1.54) is 6.42 Å². The fourth-order valence-corrected chi connectivity index (χ4v) is 2.80. The first-order chi connectivity index (χ1) is 9.95. The molecule has 0 radical (unpaired) electrons. The van der Waals surface area contributed by atoms with Crippen LogP contribution in [-0.2, 0) is 13.1 Å². The molecule has 0 spiro atoms. The molecule has 2 rings (SSSR count). The lowest BCUT2D eigenvalue weighted by Gasteiger charge is -2.20. The van der Waals surface area contributed by atoms with Crippen LogP contribution in [0.15, 0.2) is 18.2 Å². The highest BCUT2D eigenvalue weighted by Gasteiger charge is 2.24. The van der Waals surface area contributed by atoms with Gasteiger partial charge >= 0.3 is 0 Å². The van der Waals surface area contributed by atoms with E-state index >= 15 is 0 Å². The van der Waals surface area contributed by atoms with Crippen molar-refractivity contribution in [1.82, 2.24) is 15.1 Å². The van der Waals surface area contributed by atoms with E-state index in [0.717, 1.165) is 30.8 Å². The Morgan fingerprint density at radius 1 is 1.38 bits per heavy atom. The summed E-state index contributed by atoms with van der Waals surface area (Å²) < 4.78 is 14.0. The van der Waals surface area contributed by atoms with E-state index in [9.17, 15) is 4.39 Å². The van der Waals surface area contributed by atoms with Gasteiger partial charge in [0.15, 0.2) is 0 Å². The van der Waals surface area contributed by atoms with Crippen LogP contribution in [0.1, 0.15) is 31.4 Å². The molecule has 0 amide bonds. The van der Waals surface area contributed by atoms with Crippen LogP contribution >= 0.6 is 0 Å². The summed E-state index contributed by atoms with van der Waals surface area (Å²) in [6.07, 6.45) is 1.17. The van der Waals surface area contributed by atoms with E-state index in [4.69, 9.17) is 0 Å². The number of rotatable bonds is 6. The Labute approximate surface area is 128 Å². The molecule has 1 N–H and O–H groups in total. The molecular weight excluding hydrogens is 265 g/mol. The zero-order valence-electron chi connectivity index (χ0n) is 13.7. The number of hydrogen-bond donors (Lipinski definition) is 1. The molecular formula is C17H28FN3. The van der Waals surface area contributed by atoms with Gasteiger partial charge in [0, 0.05) is 43.8 Å². The third-order valence-corrected chi connectivity index (χ3v) is 4.20. The van der Waals surface area contributed by atoms with Gasteiger partial charge in [0.1, 0.15) is 5.82 Å². The van der Waals surface area contributed by atoms with Crippen LogP contribution in [0.2, 0.25) is 0 Å². The Balaban J connectivity index is 1.97. The van der Waals surface area contributed by atoms with Crippen LogP contribution in [0.25, 0.3) is 0 Å². The van der Waals surface area contributed by atoms with Crippen LogP contribution in [-0.4, -0.2) is 49.1 Å². The quantitative estimate of drug-likeness (QED) is 0.869. The maximum Gasteiger partial charge on any atom is 0.127 e. The topological polar surface area (TPSA) is 18.5 Å². The summed E-state index contributed by atoms with van der Waals surface area (Å²) in [7, 11) is 4.24. The summed E-state index contributed by atoms with van der Waals surface area (Å²) in [5, 5.41) is 3.38. The average molecular weight is 293 g/mol. The van der Waals surface area contributed by atoms with Crippen molar-refractivity contribution in [1.29, 1.82) is 0 Å². The molecule has 3 nitrogen and oxygen atoms in total. The standard InChI is InChI=1S/C17H28FN3/c1-13(2)19-10-14-5-6-17(18)15(9-14)11-21-8-7-16(12-21)20(3)4/h5-6,9,13,16,19H,7-8,10-12H2,1-4H3. The van der Waals surface area contributed by atoms with Crippen molar-refractivity contribution < 1.29 is 4.39 Å². The smallest absolute Gasteiger partial charge is 0.127 e. The van der Waals surface area contributed by atoms with Gasteiger partial charge in [-0.05, 0) is 32.1 Å². The number of hydrogen-bond acceptors (Lipinski definition) is 3. The highest BCUT2D eigenvalue weighted by molar-refractivity contribution is 5.25. The fourth-order valence-electron chi connectivity index (χ4n) is 2.80. The fraction of sp³-hybridized carbons (Fsp3) is 0.647. The van der Waals surface area contributed by atoms with Crippen molar-refractivity contribution in [2.45, 2.75) is 45.4 Å². The molecule has 1 saturated heterocycles. The van der Waals surface area contributed by atoms with E-state index in [-0.39, 0.29) is 5.82 Å². The second-order valence-electron chi connectivity index (χ2n) is 6.60. The lowest BCUT2D eigenvalue weighted by Crippen LogP contribution is -2.31. The molecule has 0 aliphatic carbocycles. The maximum atomic E-state index is 14.0. The monoisotopic (exact) mass is 293 g/mol. The number of nitrogens with one attached hydrogen (secondary N) is 1. The second kappa shape index (κ2) is 7.34. The molecule has 1 aliphatic heterocycles. The Kier molecular flexibility index (Phi) is 5.73. The minimum atomic E-state index is -0.0865. The zero-order chi connectivity index (χ0) is 15.4. The first-order valence-corrected chi connectivity index (χ1v) is 7.85. The van der Waals surface area contributed by atoms with Gasteiger partial charge in [-0.3, -0.25) is 4.90 Å². The molecule has 4 heteroatoms. The second-order valence-corrected chi connectivity index (χ2v) is 6.60. The number of likely N-dealkylation sites (N-methyl/N-ethyl adjacent to an activating group) is 1. The highest BCUT2D eigenvalue weighted by atomic mass is 19.1. The molecule has 1 fully saturated rings. The number of likely N-dealkylation sites (tertiary alicyclic amines) is 1. The van der Waals surface area contributed by atoms with Crippen LogP contribution in [0.4, 0.5) is 4.39 Å². The molecule has 1 aromatic rings. The van der Waals surface area contributed by atoms with Gasteiger partial charge in [0.2, 0.25) is 0 Å². The summed E-state index contributed by atoms with van der Waals surface area (Å²) in [6.45, 7) is 7.83. The van der Waals surface area contributed by atoms with Gasteiger partial charge in [0.05, 0.1) is 0 Å². The van der Waals surface area contributed by atoms with Gasteiger partial charge < -0.3 is 10.2 Å². The SMILES string of the molecule is CC(C)NCc1ccc(F)c(CN2CCC(N(C)C)C2)c1. The summed E-state index contributed by atoms with van der Waals surface area (Å²) in [4.78, 5) is 4.61. The Bertz CT molecular complexity index is 459. The van der Waals surface area contributed by atoms with E-state index in [2.05, 4.69) is 43.1 Å². The van der Waals surface area contributed by atoms with E-state index in [1.807, 2.05) is 12.1 Å². The summed E-state index contributed by atoms with van der Waals surface area (Å²) in [5.74, 6) is -0.0865. The van der Waals surface area contributed by atoms with Crippen molar-refractivity contribution >= 4 is 0 Å². The lowest BCUT2D eigenvalue weighted by molar-refractivity contribution is 0.263. The predicted octanol–water partition coefficient (Wildman–Crippen LogP) is 2.46. The largest absolute Gasteiger partial charge is 0.310 e. The molecule has 0 aromatic heterocycles. The van der Waals surface area contributed by atoms with Crippen LogP contribution in [0, 0.1) is 5.82 Å². The summed E-state index contributed by atoms with van der Waals surface area (Å²) >= 11 is 0. The molecule has 1 heterocycles. The van der Waals surface area contributed by atoms with Gasteiger partial charge in [-0.2, -0.15) is 0 Å². The molecule has 0 bridgehead atoms. The normalized spacial score (nSPS) is 19.9. The average Bonchev–Trinajstić information content (AvgIpc) is 2.88. The zero-order valence-corrected chi connectivity index (χ0v) is 13.7. The van der Waals surface area contributed by atoms with Crippen molar-refractivity contribution in [2.24, 2.45) is 0 Å². The van der Waals surface area contributed by atoms with Crippen molar-refractivity contribution in [3.05, 3.63) is 35.1 Å². The van der Waals surface area contributed by atoms with Gasteiger partial charge in [-0.15, -0.1) is 0 Å². The minimum absolute atomic E-state index is 0.0865. The van der Waals surface area contributed by atoms with Crippen molar-refractivity contribution in [2.75, 3.05) is 27.2 Å². The Hall–Kier alpha value is -0.970. The minimum Gasteiger partial charge on any atom is -0.310 e. The van der Waals surface area contributed by atoms with Crippen LogP contribution < -0.4 is 5.32 Å². The predicted molar refractivity (Wildman–Crippen MR) is 85.7 cm³/mol. The summed E-state index contributed by atoms with van der Waals surface area (Å²) in [5.41, 5.74) is 1.97. The highest BCUT2D eigenvalue weighted by Crippen LogP contribution is 2.19. The first-order valence-electron chi connectivity index (χ1n) is 7.85. The number of benzene rings is 1. The molecule has 21 heavy (non-hydrogen) atoms. The molecule has 1 atom stereocenters. The van der Waals surface area contributed by atoms with E-state index < -0.39 is 0 Å². The lowest BCUT2D eigenvalue weighted by atomic mass is 10.1. The third kappa shape index (κ3) is 4.77. The van der Waals surface area contributed by atoms with Crippen LogP contribution in [0.3, 0.4) is 0 Å². The number of nitrogens with zero attached hydrogens (tertiary/aromatic N) is 2.